The molecule has 0 aromatic rings. The molecule has 7 nitrogen and oxygen atoms in total. The molecular weight excluding hydrogens is 262 g/mol. The Bertz CT molecular complexity index is 373. The Balaban J connectivity index is 2.57. The van der Waals surface area contributed by atoms with E-state index in [1.54, 1.807) is 11.8 Å². The third kappa shape index (κ3) is 4.71. The van der Waals surface area contributed by atoms with Crippen LogP contribution in [0.25, 0.3) is 0 Å². The summed E-state index contributed by atoms with van der Waals surface area (Å²) in [7, 11) is 1.52. The summed E-state index contributed by atoms with van der Waals surface area (Å²) in [6.45, 7) is 2.23. The molecule has 0 aliphatic carbocycles. The number of aliphatic carboxylic acids is 1. The highest BCUT2D eigenvalue weighted by Gasteiger charge is 2.28. The second-order valence-corrected chi connectivity index (χ2v) is 5.06. The first-order valence-electron chi connectivity index (χ1n) is 6.96. The third-order valence-electron chi connectivity index (χ3n) is 3.56. The van der Waals surface area contributed by atoms with E-state index in [1.165, 1.54) is 7.05 Å². The Morgan fingerprint density at radius 1 is 1.35 bits per heavy atom. The number of carbonyl (C=O) groups excluding carboxylic acids is 2. The van der Waals surface area contributed by atoms with Crippen LogP contribution in [0, 0.1) is 0 Å². The maximum absolute atomic E-state index is 12.2. The summed E-state index contributed by atoms with van der Waals surface area (Å²) in [6.07, 6.45) is 3.23. The second-order valence-electron chi connectivity index (χ2n) is 5.06. The van der Waals surface area contributed by atoms with Gasteiger partial charge < -0.3 is 20.6 Å². The number of hydrogen-bond donors (Lipinski definition) is 3. The van der Waals surface area contributed by atoms with Gasteiger partial charge in [0.25, 0.3) is 0 Å². The molecule has 1 aliphatic rings. The van der Waals surface area contributed by atoms with Crippen LogP contribution in [-0.2, 0) is 9.59 Å². The van der Waals surface area contributed by atoms with Crippen molar-refractivity contribution in [3.05, 3.63) is 0 Å². The topological polar surface area (TPSA) is 98.7 Å². The predicted octanol–water partition coefficient (Wildman–Crippen LogP) is 0.550. The molecule has 20 heavy (non-hydrogen) atoms. The number of nitrogens with one attached hydrogen (secondary N) is 2. The summed E-state index contributed by atoms with van der Waals surface area (Å²) in [6, 6.07) is -0.956. The van der Waals surface area contributed by atoms with Crippen molar-refractivity contribution in [1.82, 2.24) is 15.5 Å². The van der Waals surface area contributed by atoms with Gasteiger partial charge in [0.15, 0.2) is 0 Å². The van der Waals surface area contributed by atoms with E-state index >= 15 is 0 Å². The van der Waals surface area contributed by atoms with E-state index in [9.17, 15) is 14.4 Å². The first kappa shape index (κ1) is 16.3. The van der Waals surface area contributed by atoms with Crippen LogP contribution in [0.3, 0.4) is 0 Å². The smallest absolute Gasteiger partial charge is 0.318 e. The molecule has 0 saturated carbocycles. The maximum atomic E-state index is 12.2. The number of carboxylic acid groups (broad SMARTS) is 1. The van der Waals surface area contributed by atoms with Crippen LogP contribution in [0.2, 0.25) is 0 Å². The van der Waals surface area contributed by atoms with Gasteiger partial charge >= 0.3 is 12.0 Å². The molecular formula is C13H23N3O4. The van der Waals surface area contributed by atoms with Gasteiger partial charge in [0, 0.05) is 26.1 Å². The highest BCUT2D eigenvalue weighted by Crippen LogP contribution is 2.21. The lowest BCUT2D eigenvalue weighted by Crippen LogP contribution is -2.53. The van der Waals surface area contributed by atoms with Gasteiger partial charge in [-0.05, 0) is 32.6 Å². The van der Waals surface area contributed by atoms with Crippen LogP contribution in [0.15, 0.2) is 0 Å². The lowest BCUT2D eigenvalue weighted by Gasteiger charge is -2.36. The average Bonchev–Trinajstić information content (AvgIpc) is 2.44. The Labute approximate surface area is 118 Å². The fourth-order valence-corrected chi connectivity index (χ4v) is 2.41. The molecule has 3 N–H and O–H groups in total. The van der Waals surface area contributed by atoms with E-state index in [1.807, 2.05) is 0 Å². The molecule has 1 fully saturated rings. The molecule has 3 amide bonds. The summed E-state index contributed by atoms with van der Waals surface area (Å²) >= 11 is 0. The van der Waals surface area contributed by atoms with Crippen LogP contribution >= 0.6 is 0 Å². The van der Waals surface area contributed by atoms with E-state index < -0.39 is 12.0 Å². The molecule has 0 aromatic heterocycles. The third-order valence-corrected chi connectivity index (χ3v) is 3.56. The Kier molecular flexibility index (Phi) is 6.27. The van der Waals surface area contributed by atoms with Crippen molar-refractivity contribution in [1.29, 1.82) is 0 Å². The molecule has 2 unspecified atom stereocenters. The predicted molar refractivity (Wildman–Crippen MR) is 73.3 cm³/mol. The van der Waals surface area contributed by atoms with E-state index in [2.05, 4.69) is 10.6 Å². The number of likely N-dealkylation sites (N-methyl/N-ethyl adjacent to an activating group) is 1. The van der Waals surface area contributed by atoms with Crippen molar-refractivity contribution in [2.75, 3.05) is 13.6 Å². The van der Waals surface area contributed by atoms with Crippen LogP contribution in [0.4, 0.5) is 4.79 Å². The van der Waals surface area contributed by atoms with Gasteiger partial charge in [0.05, 0.1) is 0 Å². The van der Waals surface area contributed by atoms with Crippen LogP contribution in [0.1, 0.15) is 39.0 Å². The number of rotatable bonds is 5. The van der Waals surface area contributed by atoms with Crippen molar-refractivity contribution in [2.24, 2.45) is 0 Å². The molecule has 0 aromatic carbocycles. The fraction of sp³-hybridized carbons (Fsp3) is 0.769. The second kappa shape index (κ2) is 7.72. The number of likely N-dealkylation sites (tertiary alicyclic amines) is 1. The van der Waals surface area contributed by atoms with E-state index in [0.717, 1.165) is 19.3 Å². The monoisotopic (exact) mass is 285 g/mol. The molecule has 0 spiro atoms. The van der Waals surface area contributed by atoms with Crippen molar-refractivity contribution < 1.29 is 19.5 Å². The quantitative estimate of drug-likeness (QED) is 0.687. The Hall–Kier alpha value is -1.79. The van der Waals surface area contributed by atoms with Gasteiger partial charge in [-0.3, -0.25) is 9.59 Å². The largest absolute Gasteiger partial charge is 0.481 e. The van der Waals surface area contributed by atoms with Gasteiger partial charge in [0.2, 0.25) is 5.91 Å². The minimum Gasteiger partial charge on any atom is -0.481 e. The van der Waals surface area contributed by atoms with Gasteiger partial charge in [-0.2, -0.15) is 0 Å². The molecule has 1 saturated heterocycles. The number of amides is 3. The minimum absolute atomic E-state index is 0.0550. The highest BCUT2D eigenvalue weighted by atomic mass is 16.4. The zero-order valence-corrected chi connectivity index (χ0v) is 12.0. The standard InChI is InChI=1S/C13H23N3O4/c1-9(12(19)14-2)15-13(20)16-8-4-3-5-10(16)6-7-11(17)18/h9-10H,3-8H2,1-2H3,(H,14,19)(H,15,20)(H,17,18). The first-order chi connectivity index (χ1) is 9.45. The first-order valence-corrected chi connectivity index (χ1v) is 6.96. The zero-order chi connectivity index (χ0) is 15.1. The van der Waals surface area contributed by atoms with Gasteiger partial charge in [-0.25, -0.2) is 4.79 Å². The van der Waals surface area contributed by atoms with Crippen molar-refractivity contribution >= 4 is 17.9 Å². The lowest BCUT2D eigenvalue weighted by molar-refractivity contribution is -0.137. The molecule has 2 atom stereocenters. The lowest BCUT2D eigenvalue weighted by atomic mass is 9.98. The van der Waals surface area contributed by atoms with Gasteiger partial charge in [-0.15, -0.1) is 0 Å². The fourth-order valence-electron chi connectivity index (χ4n) is 2.41. The molecule has 7 heteroatoms. The number of carbonyl (C=O) groups is 3. The van der Waals surface area contributed by atoms with Crippen LogP contribution < -0.4 is 10.6 Å². The van der Waals surface area contributed by atoms with Crippen LogP contribution in [0.5, 0.6) is 0 Å². The molecule has 1 rings (SSSR count). The SMILES string of the molecule is CNC(=O)C(C)NC(=O)N1CCCCC1CCC(=O)O. The molecule has 0 radical (unpaired) electrons. The number of piperidine rings is 1. The van der Waals surface area contributed by atoms with Gasteiger partial charge in [-0.1, -0.05) is 0 Å². The average molecular weight is 285 g/mol. The number of urea groups is 1. The minimum atomic E-state index is -0.852. The van der Waals surface area contributed by atoms with E-state index in [4.69, 9.17) is 5.11 Å². The number of carboxylic acids is 1. The number of nitrogens with zero attached hydrogens (tertiary/aromatic N) is 1. The number of hydrogen-bond acceptors (Lipinski definition) is 3. The van der Waals surface area contributed by atoms with Crippen molar-refractivity contribution in [2.45, 2.75) is 51.1 Å². The van der Waals surface area contributed by atoms with E-state index in [-0.39, 0.29) is 24.4 Å². The summed E-state index contributed by atoms with van der Waals surface area (Å²) in [5.74, 6) is -1.10. The molecule has 1 aliphatic heterocycles. The summed E-state index contributed by atoms with van der Waals surface area (Å²) in [5, 5.41) is 13.9. The van der Waals surface area contributed by atoms with E-state index in [0.29, 0.717) is 13.0 Å². The summed E-state index contributed by atoms with van der Waals surface area (Å²) < 4.78 is 0. The maximum Gasteiger partial charge on any atom is 0.318 e. The zero-order valence-electron chi connectivity index (χ0n) is 12.0. The Morgan fingerprint density at radius 2 is 2.05 bits per heavy atom. The Morgan fingerprint density at radius 3 is 2.65 bits per heavy atom. The van der Waals surface area contributed by atoms with Gasteiger partial charge in [0.1, 0.15) is 6.04 Å². The normalized spacial score (nSPS) is 20.1. The summed E-state index contributed by atoms with van der Waals surface area (Å²) in [4.78, 5) is 35.9. The molecule has 0 bridgehead atoms. The molecule has 1 heterocycles. The van der Waals surface area contributed by atoms with Crippen LogP contribution in [-0.4, -0.2) is 53.6 Å². The highest BCUT2D eigenvalue weighted by molar-refractivity contribution is 5.86. The van der Waals surface area contributed by atoms with Crippen molar-refractivity contribution in [3.8, 4) is 0 Å². The van der Waals surface area contributed by atoms with Crippen molar-refractivity contribution in [3.63, 3.8) is 0 Å². The molecule has 114 valence electrons. The summed E-state index contributed by atoms with van der Waals surface area (Å²) in [5.41, 5.74) is 0.